The smallest absolute Gasteiger partial charge is 0.191 e. The average molecular weight is 338 g/mol. The summed E-state index contributed by atoms with van der Waals surface area (Å²) in [5.41, 5.74) is 0. The molecule has 0 amide bonds. The van der Waals surface area contributed by atoms with Gasteiger partial charge in [0, 0.05) is 38.8 Å². The fourth-order valence-electron chi connectivity index (χ4n) is 3.84. The van der Waals surface area contributed by atoms with Gasteiger partial charge in [0.25, 0.3) is 0 Å². The Kier molecular flexibility index (Phi) is 8.89. The van der Waals surface area contributed by atoms with Crippen molar-refractivity contribution in [2.45, 2.75) is 58.9 Å². The van der Waals surface area contributed by atoms with Crippen molar-refractivity contribution in [3.05, 3.63) is 0 Å². The van der Waals surface area contributed by atoms with Gasteiger partial charge in [0.1, 0.15) is 0 Å². The van der Waals surface area contributed by atoms with Gasteiger partial charge in [-0.3, -0.25) is 4.99 Å². The third kappa shape index (κ3) is 6.98. The van der Waals surface area contributed by atoms with Crippen molar-refractivity contribution in [2.75, 3.05) is 52.4 Å². The third-order valence-corrected chi connectivity index (χ3v) is 5.14. The van der Waals surface area contributed by atoms with Gasteiger partial charge in [-0.1, -0.05) is 13.8 Å². The van der Waals surface area contributed by atoms with Crippen LogP contribution in [-0.2, 0) is 0 Å². The Hall–Kier alpha value is -0.810. The van der Waals surface area contributed by atoms with Gasteiger partial charge in [0.05, 0.1) is 0 Å². The van der Waals surface area contributed by atoms with E-state index in [4.69, 9.17) is 4.99 Å². The monoisotopic (exact) mass is 337 g/mol. The molecule has 0 saturated carbocycles. The topological polar surface area (TPSA) is 42.9 Å². The highest BCUT2D eigenvalue weighted by Gasteiger charge is 2.19. The van der Waals surface area contributed by atoms with Crippen LogP contribution < -0.4 is 10.6 Å². The van der Waals surface area contributed by atoms with E-state index in [1.54, 1.807) is 0 Å². The van der Waals surface area contributed by atoms with Gasteiger partial charge in [-0.05, 0) is 64.6 Å². The Morgan fingerprint density at radius 1 is 1.08 bits per heavy atom. The van der Waals surface area contributed by atoms with Crippen molar-refractivity contribution in [1.29, 1.82) is 0 Å². The minimum atomic E-state index is 0.574. The first-order valence-electron chi connectivity index (χ1n) is 10.2. The first kappa shape index (κ1) is 19.5. The summed E-state index contributed by atoms with van der Waals surface area (Å²) in [6.07, 6.45) is 6.46. The van der Waals surface area contributed by atoms with E-state index in [0.717, 1.165) is 19.0 Å². The molecule has 24 heavy (non-hydrogen) atoms. The Bertz CT molecular complexity index is 357. The highest BCUT2D eigenvalue weighted by molar-refractivity contribution is 5.80. The van der Waals surface area contributed by atoms with Gasteiger partial charge in [-0.2, -0.15) is 0 Å². The van der Waals surface area contributed by atoms with Crippen molar-refractivity contribution in [3.63, 3.8) is 0 Å². The molecule has 2 fully saturated rings. The van der Waals surface area contributed by atoms with E-state index in [1.165, 1.54) is 71.4 Å². The Morgan fingerprint density at radius 2 is 1.79 bits per heavy atom. The summed E-state index contributed by atoms with van der Waals surface area (Å²) in [5.74, 6) is 1.64. The van der Waals surface area contributed by atoms with Gasteiger partial charge < -0.3 is 20.4 Å². The predicted molar refractivity (Wildman–Crippen MR) is 104 cm³/mol. The molecule has 0 radical (unpaired) electrons. The first-order valence-corrected chi connectivity index (χ1v) is 10.2. The molecular formula is C19H39N5. The average Bonchev–Trinajstić information content (AvgIpc) is 3.08. The zero-order valence-corrected chi connectivity index (χ0v) is 16.2. The Labute approximate surface area is 149 Å². The van der Waals surface area contributed by atoms with Crippen LogP contribution in [0, 0.1) is 5.92 Å². The highest BCUT2D eigenvalue weighted by Crippen LogP contribution is 2.12. The molecule has 1 atom stereocenters. The van der Waals surface area contributed by atoms with Crippen LogP contribution in [0.3, 0.4) is 0 Å². The van der Waals surface area contributed by atoms with E-state index < -0.39 is 0 Å². The van der Waals surface area contributed by atoms with E-state index in [0.29, 0.717) is 12.0 Å². The zero-order valence-electron chi connectivity index (χ0n) is 16.2. The third-order valence-electron chi connectivity index (χ3n) is 5.14. The van der Waals surface area contributed by atoms with Crippen molar-refractivity contribution >= 4 is 5.96 Å². The first-order chi connectivity index (χ1) is 11.7. The normalized spacial score (nSPS) is 22.7. The Morgan fingerprint density at radius 3 is 2.42 bits per heavy atom. The molecule has 140 valence electrons. The number of nitrogens with zero attached hydrogens (tertiary/aromatic N) is 3. The number of hydrogen-bond acceptors (Lipinski definition) is 3. The lowest BCUT2D eigenvalue weighted by Crippen LogP contribution is -2.49. The molecular weight excluding hydrogens is 298 g/mol. The number of guanidine groups is 1. The second-order valence-corrected chi connectivity index (χ2v) is 7.59. The molecule has 2 N–H and O–H groups in total. The van der Waals surface area contributed by atoms with Gasteiger partial charge in [0.2, 0.25) is 0 Å². The second kappa shape index (κ2) is 10.9. The van der Waals surface area contributed by atoms with E-state index in [2.05, 4.69) is 41.2 Å². The number of piperidine rings is 1. The van der Waals surface area contributed by atoms with Gasteiger partial charge >= 0.3 is 0 Å². The summed E-state index contributed by atoms with van der Waals surface area (Å²) in [7, 11) is 0. The second-order valence-electron chi connectivity index (χ2n) is 7.59. The van der Waals surface area contributed by atoms with E-state index >= 15 is 0 Å². The van der Waals surface area contributed by atoms with Crippen molar-refractivity contribution in [3.8, 4) is 0 Å². The summed E-state index contributed by atoms with van der Waals surface area (Å²) in [4.78, 5) is 10.0. The lowest BCUT2D eigenvalue weighted by atomic mass is 10.1. The maximum Gasteiger partial charge on any atom is 0.191 e. The predicted octanol–water partition coefficient (Wildman–Crippen LogP) is 2.15. The number of hydrogen-bond donors (Lipinski definition) is 2. The zero-order chi connectivity index (χ0) is 17.2. The molecule has 5 nitrogen and oxygen atoms in total. The molecule has 2 aliphatic rings. The molecule has 0 aromatic heterocycles. The van der Waals surface area contributed by atoms with Crippen LogP contribution in [0.25, 0.3) is 0 Å². The van der Waals surface area contributed by atoms with Gasteiger partial charge in [-0.25, -0.2) is 0 Å². The van der Waals surface area contributed by atoms with E-state index in [9.17, 15) is 0 Å². The maximum atomic E-state index is 4.86. The molecule has 2 saturated heterocycles. The summed E-state index contributed by atoms with van der Waals surface area (Å²) < 4.78 is 0. The van der Waals surface area contributed by atoms with Crippen molar-refractivity contribution in [2.24, 2.45) is 10.9 Å². The molecule has 0 bridgehead atoms. The molecule has 1 unspecified atom stereocenters. The summed E-state index contributed by atoms with van der Waals surface area (Å²) in [5, 5.41) is 7.09. The highest BCUT2D eigenvalue weighted by atomic mass is 15.2. The number of nitrogens with one attached hydrogen (secondary N) is 2. The van der Waals surface area contributed by atoms with E-state index in [1.807, 2.05) is 0 Å². The lowest BCUT2D eigenvalue weighted by Gasteiger charge is -2.33. The van der Waals surface area contributed by atoms with Crippen LogP contribution in [0.15, 0.2) is 4.99 Å². The molecule has 2 rings (SSSR count). The van der Waals surface area contributed by atoms with E-state index in [-0.39, 0.29) is 0 Å². The van der Waals surface area contributed by atoms with Crippen LogP contribution in [0.1, 0.15) is 52.9 Å². The molecule has 0 aliphatic carbocycles. The molecule has 0 aromatic rings. The van der Waals surface area contributed by atoms with Gasteiger partial charge in [-0.15, -0.1) is 0 Å². The standard InChI is InChI=1S/C19H39N5/c1-4-10-23-13-8-18(9-14-23)22-19(20-5-2)21-15-17(3)16-24-11-6-7-12-24/h17-18H,4-16H2,1-3H3,(H2,20,21,22). The van der Waals surface area contributed by atoms with Crippen LogP contribution in [0.5, 0.6) is 0 Å². The molecule has 0 spiro atoms. The quantitative estimate of drug-likeness (QED) is 0.526. The largest absolute Gasteiger partial charge is 0.357 e. The van der Waals surface area contributed by atoms with Crippen molar-refractivity contribution in [1.82, 2.24) is 20.4 Å². The summed E-state index contributed by atoms with van der Waals surface area (Å²) in [6, 6.07) is 0.574. The summed E-state index contributed by atoms with van der Waals surface area (Å²) >= 11 is 0. The minimum Gasteiger partial charge on any atom is -0.357 e. The fraction of sp³-hybridized carbons (Fsp3) is 0.947. The van der Waals surface area contributed by atoms with Crippen LogP contribution in [0.4, 0.5) is 0 Å². The number of rotatable bonds is 8. The summed E-state index contributed by atoms with van der Waals surface area (Å²) in [6.45, 7) is 16.0. The van der Waals surface area contributed by atoms with Gasteiger partial charge in [0.15, 0.2) is 5.96 Å². The van der Waals surface area contributed by atoms with Crippen LogP contribution >= 0.6 is 0 Å². The number of likely N-dealkylation sites (tertiary alicyclic amines) is 2. The number of aliphatic imine (C=N–C) groups is 1. The lowest BCUT2D eigenvalue weighted by molar-refractivity contribution is 0.206. The van der Waals surface area contributed by atoms with Crippen LogP contribution in [0.2, 0.25) is 0 Å². The minimum absolute atomic E-state index is 0.574. The van der Waals surface area contributed by atoms with Crippen LogP contribution in [-0.4, -0.2) is 74.2 Å². The fourth-order valence-corrected chi connectivity index (χ4v) is 3.84. The molecule has 0 aromatic carbocycles. The Balaban J connectivity index is 1.73. The maximum absolute atomic E-state index is 4.86. The van der Waals surface area contributed by atoms with Crippen molar-refractivity contribution < 1.29 is 0 Å². The molecule has 2 aliphatic heterocycles. The SMILES string of the molecule is CCCN1CCC(NC(=NCC(C)CN2CCCC2)NCC)CC1. The molecule has 5 heteroatoms. The molecule has 2 heterocycles.